The molecule has 2 fully saturated rings. The molecule has 0 bridgehead atoms. The predicted octanol–water partition coefficient (Wildman–Crippen LogP) is 3.60. The van der Waals surface area contributed by atoms with Crippen LogP contribution in [0.25, 0.3) is 0 Å². The van der Waals surface area contributed by atoms with E-state index in [1.807, 2.05) is 13.0 Å². The van der Waals surface area contributed by atoms with E-state index in [9.17, 15) is 14.7 Å². The summed E-state index contributed by atoms with van der Waals surface area (Å²) in [5.74, 6) is 1.18. The average molecular weight is 300 g/mol. The van der Waals surface area contributed by atoms with Gasteiger partial charge in [-0.15, -0.1) is 0 Å². The molecule has 1 aromatic carbocycles. The highest BCUT2D eigenvalue weighted by Crippen LogP contribution is 2.52. The third-order valence-electron chi connectivity index (χ3n) is 5.99. The van der Waals surface area contributed by atoms with E-state index >= 15 is 0 Å². The lowest BCUT2D eigenvalue weighted by molar-refractivity contribution is -0.136. The minimum atomic E-state index is -0.271. The second kappa shape index (κ2) is 5.53. The van der Waals surface area contributed by atoms with Crippen LogP contribution in [0.5, 0.6) is 5.75 Å². The Morgan fingerprint density at radius 1 is 1.27 bits per heavy atom. The number of aryl methyl sites for hydroxylation is 2. The van der Waals surface area contributed by atoms with Crippen LogP contribution in [-0.2, 0) is 16.0 Å². The number of rotatable bonds is 3. The molecular formula is C19H24O3. The molecular weight excluding hydrogens is 276 g/mol. The van der Waals surface area contributed by atoms with Crippen LogP contribution in [0.2, 0.25) is 0 Å². The van der Waals surface area contributed by atoms with Crippen molar-refractivity contribution in [3.05, 3.63) is 29.3 Å². The van der Waals surface area contributed by atoms with Gasteiger partial charge < -0.3 is 5.11 Å². The smallest absolute Gasteiger partial charge is 0.139 e. The van der Waals surface area contributed by atoms with Crippen LogP contribution in [-0.4, -0.2) is 16.7 Å². The van der Waals surface area contributed by atoms with Gasteiger partial charge in [-0.3, -0.25) is 9.59 Å². The van der Waals surface area contributed by atoms with E-state index in [1.165, 1.54) is 0 Å². The molecule has 0 aromatic heterocycles. The number of phenolic OH excluding ortho intramolecular Hbond substituents is 1. The molecule has 3 atom stereocenters. The number of Topliss-reactive ketones (excluding diaryl/α,β-unsaturated/α-hetero) is 2. The minimum absolute atomic E-state index is 0.00643. The fourth-order valence-corrected chi connectivity index (χ4v) is 4.46. The van der Waals surface area contributed by atoms with Crippen molar-refractivity contribution in [1.29, 1.82) is 0 Å². The van der Waals surface area contributed by atoms with Crippen LogP contribution in [0, 0.1) is 24.2 Å². The van der Waals surface area contributed by atoms with Gasteiger partial charge in [0.2, 0.25) is 0 Å². The van der Waals surface area contributed by atoms with Crippen molar-refractivity contribution >= 4 is 11.6 Å². The zero-order valence-electron chi connectivity index (χ0n) is 13.4. The highest BCUT2D eigenvalue weighted by atomic mass is 16.3. The molecule has 3 rings (SSSR count). The Morgan fingerprint density at radius 2 is 2.05 bits per heavy atom. The van der Waals surface area contributed by atoms with Gasteiger partial charge in [0.05, 0.1) is 0 Å². The van der Waals surface area contributed by atoms with Crippen molar-refractivity contribution in [2.45, 2.75) is 52.4 Å². The maximum Gasteiger partial charge on any atom is 0.139 e. The van der Waals surface area contributed by atoms with Crippen LogP contribution in [0.4, 0.5) is 0 Å². The molecule has 2 saturated carbocycles. The summed E-state index contributed by atoms with van der Waals surface area (Å²) in [7, 11) is 0. The van der Waals surface area contributed by atoms with E-state index in [-0.39, 0.29) is 23.0 Å². The fraction of sp³-hybridized carbons (Fsp3) is 0.579. The molecule has 1 N–H and O–H groups in total. The van der Waals surface area contributed by atoms with Crippen molar-refractivity contribution in [2.24, 2.45) is 17.3 Å². The number of aromatic hydroxyl groups is 1. The van der Waals surface area contributed by atoms with Crippen LogP contribution in [0.3, 0.4) is 0 Å². The van der Waals surface area contributed by atoms with Gasteiger partial charge in [0, 0.05) is 24.2 Å². The summed E-state index contributed by atoms with van der Waals surface area (Å²) in [5, 5.41) is 9.64. The Bertz CT molecular complexity index is 619. The fourth-order valence-electron chi connectivity index (χ4n) is 4.46. The quantitative estimate of drug-likeness (QED) is 0.928. The summed E-state index contributed by atoms with van der Waals surface area (Å²) in [6.07, 6.45) is 4.36. The first-order valence-electron chi connectivity index (χ1n) is 8.26. The summed E-state index contributed by atoms with van der Waals surface area (Å²) in [5.41, 5.74) is 1.97. The summed E-state index contributed by atoms with van der Waals surface area (Å²) in [6.45, 7) is 4.09. The summed E-state index contributed by atoms with van der Waals surface area (Å²) >= 11 is 0. The van der Waals surface area contributed by atoms with E-state index in [0.717, 1.165) is 36.8 Å². The Labute approximate surface area is 131 Å². The number of hydrogen-bond donors (Lipinski definition) is 1. The molecule has 3 heteroatoms. The number of ketones is 2. The second-order valence-electron chi connectivity index (χ2n) is 7.21. The number of phenols is 1. The van der Waals surface area contributed by atoms with E-state index in [1.54, 1.807) is 12.1 Å². The topological polar surface area (TPSA) is 54.4 Å². The zero-order valence-corrected chi connectivity index (χ0v) is 13.4. The van der Waals surface area contributed by atoms with Crippen molar-refractivity contribution in [3.8, 4) is 5.75 Å². The zero-order chi connectivity index (χ0) is 15.9. The molecule has 2 aliphatic carbocycles. The van der Waals surface area contributed by atoms with Gasteiger partial charge in [0.25, 0.3) is 0 Å². The van der Waals surface area contributed by atoms with Crippen LogP contribution < -0.4 is 0 Å². The molecule has 0 aliphatic heterocycles. The predicted molar refractivity (Wildman–Crippen MR) is 84.7 cm³/mol. The van der Waals surface area contributed by atoms with Crippen LogP contribution >= 0.6 is 0 Å². The Balaban J connectivity index is 1.77. The SMILES string of the molecule is Cc1ccc(O)cc1CC[C@@H]1C(=O)CC[C@]2(C)C(=O)CC[C@@H]12. The maximum atomic E-state index is 12.4. The van der Waals surface area contributed by atoms with Crippen molar-refractivity contribution < 1.29 is 14.7 Å². The van der Waals surface area contributed by atoms with Crippen molar-refractivity contribution in [3.63, 3.8) is 0 Å². The van der Waals surface area contributed by atoms with Gasteiger partial charge in [-0.1, -0.05) is 13.0 Å². The van der Waals surface area contributed by atoms with Crippen LogP contribution in [0.1, 0.15) is 50.2 Å². The van der Waals surface area contributed by atoms with Crippen LogP contribution in [0.15, 0.2) is 18.2 Å². The van der Waals surface area contributed by atoms with Gasteiger partial charge in [0.15, 0.2) is 0 Å². The molecule has 1 aromatic rings. The second-order valence-corrected chi connectivity index (χ2v) is 7.21. The normalized spacial score (nSPS) is 31.4. The molecule has 0 radical (unpaired) electrons. The number of hydrogen-bond acceptors (Lipinski definition) is 3. The Hall–Kier alpha value is -1.64. The van der Waals surface area contributed by atoms with E-state index in [0.29, 0.717) is 24.4 Å². The Kier molecular flexibility index (Phi) is 3.84. The molecule has 2 aliphatic rings. The van der Waals surface area contributed by atoms with Crippen molar-refractivity contribution in [1.82, 2.24) is 0 Å². The first-order chi connectivity index (χ1) is 10.4. The third kappa shape index (κ3) is 2.47. The monoisotopic (exact) mass is 300 g/mol. The van der Waals surface area contributed by atoms with E-state index in [4.69, 9.17) is 0 Å². The number of fused-ring (bicyclic) bond motifs is 1. The van der Waals surface area contributed by atoms with E-state index < -0.39 is 0 Å². The largest absolute Gasteiger partial charge is 0.508 e. The molecule has 118 valence electrons. The summed E-state index contributed by atoms with van der Waals surface area (Å²) < 4.78 is 0. The number of carbonyl (C=O) groups excluding carboxylic acids is 2. The summed E-state index contributed by atoms with van der Waals surface area (Å²) in [6, 6.07) is 5.40. The summed E-state index contributed by atoms with van der Waals surface area (Å²) in [4.78, 5) is 24.6. The van der Waals surface area contributed by atoms with Gasteiger partial charge >= 0.3 is 0 Å². The number of benzene rings is 1. The van der Waals surface area contributed by atoms with Gasteiger partial charge in [-0.05, 0) is 61.8 Å². The lowest BCUT2D eigenvalue weighted by atomic mass is 9.62. The average Bonchev–Trinajstić information content (AvgIpc) is 2.78. The van der Waals surface area contributed by atoms with Gasteiger partial charge in [0.1, 0.15) is 17.3 Å². The lowest BCUT2D eigenvalue weighted by Gasteiger charge is -2.39. The Morgan fingerprint density at radius 3 is 2.82 bits per heavy atom. The third-order valence-corrected chi connectivity index (χ3v) is 5.99. The molecule has 0 amide bonds. The maximum absolute atomic E-state index is 12.4. The minimum Gasteiger partial charge on any atom is -0.508 e. The highest BCUT2D eigenvalue weighted by Gasteiger charge is 2.53. The molecule has 3 nitrogen and oxygen atoms in total. The number of carbonyl (C=O) groups is 2. The molecule has 22 heavy (non-hydrogen) atoms. The molecule has 0 heterocycles. The molecule has 0 saturated heterocycles. The first kappa shape index (κ1) is 15.3. The van der Waals surface area contributed by atoms with Gasteiger partial charge in [-0.2, -0.15) is 0 Å². The standard InChI is InChI=1S/C19H24O3/c1-12-3-5-14(20)11-13(12)4-6-15-16-7-8-18(22)19(16,2)10-9-17(15)21/h3,5,11,15-16,20H,4,6-10H2,1-2H3/t15-,16-,19-/m0/s1. The van der Waals surface area contributed by atoms with E-state index in [2.05, 4.69) is 6.92 Å². The van der Waals surface area contributed by atoms with Gasteiger partial charge in [-0.25, -0.2) is 0 Å². The first-order valence-corrected chi connectivity index (χ1v) is 8.26. The lowest BCUT2D eigenvalue weighted by Crippen LogP contribution is -2.42. The van der Waals surface area contributed by atoms with Crippen molar-refractivity contribution in [2.75, 3.05) is 0 Å². The highest BCUT2D eigenvalue weighted by molar-refractivity contribution is 5.92. The molecule has 0 spiro atoms. The molecule has 0 unspecified atom stereocenters.